The largest absolute Gasteiger partial charge is 0.485 e. The Morgan fingerprint density at radius 2 is 1.33 bits per heavy atom. The number of rotatable bonds is 4. The lowest BCUT2D eigenvalue weighted by molar-refractivity contribution is 0.271. The standard InChI is InChI=1S/C43H29N3O2/c1-2-12-26(13-3-1)41-44-42(46-43(45-41)35-20-10-19-32-30-16-6-8-21-36(30)48-40(32)35)33-25-24-29(27-14-4-5-15-28(27)33)31-18-11-23-38-39(31)34-17-7-9-22-37(34)47-38/h1-9,11-18,20-25,38-39H,10,19H2. The Hall–Kier alpha value is -6.07. The summed E-state index contributed by atoms with van der Waals surface area (Å²) < 4.78 is 12.8. The molecule has 2 unspecified atom stereocenters. The summed E-state index contributed by atoms with van der Waals surface area (Å²) in [5.74, 6) is 3.83. The van der Waals surface area contributed by atoms with Gasteiger partial charge in [-0.25, -0.2) is 15.0 Å². The average Bonchev–Trinajstić information content (AvgIpc) is 3.73. The van der Waals surface area contributed by atoms with Crippen molar-refractivity contribution in [3.63, 3.8) is 0 Å². The Morgan fingerprint density at radius 3 is 2.23 bits per heavy atom. The van der Waals surface area contributed by atoms with Crippen LogP contribution in [0.5, 0.6) is 5.75 Å². The first-order valence-corrected chi connectivity index (χ1v) is 16.5. The zero-order valence-electron chi connectivity index (χ0n) is 26.0. The molecule has 0 bridgehead atoms. The van der Waals surface area contributed by atoms with Crippen molar-refractivity contribution in [2.24, 2.45) is 0 Å². The van der Waals surface area contributed by atoms with Crippen molar-refractivity contribution in [1.29, 1.82) is 0 Å². The lowest BCUT2D eigenvalue weighted by atomic mass is 9.79. The van der Waals surface area contributed by atoms with E-state index in [0.29, 0.717) is 17.5 Å². The molecule has 0 spiro atoms. The van der Waals surface area contributed by atoms with Crippen LogP contribution in [-0.4, -0.2) is 21.1 Å². The van der Waals surface area contributed by atoms with Crippen LogP contribution in [0.1, 0.15) is 40.6 Å². The number of aromatic nitrogens is 3. The van der Waals surface area contributed by atoms with Crippen molar-refractivity contribution < 1.29 is 9.15 Å². The number of hydrogen-bond acceptors (Lipinski definition) is 5. The summed E-state index contributed by atoms with van der Waals surface area (Å²) in [4.78, 5) is 15.4. The number of benzene rings is 5. The van der Waals surface area contributed by atoms with Crippen molar-refractivity contribution in [3.05, 3.63) is 168 Å². The number of hydrogen-bond donors (Lipinski definition) is 0. The highest BCUT2D eigenvalue weighted by Crippen LogP contribution is 2.49. The van der Waals surface area contributed by atoms with Crippen LogP contribution in [-0.2, 0) is 6.42 Å². The fourth-order valence-corrected chi connectivity index (χ4v) is 7.65. The molecule has 0 N–H and O–H groups in total. The molecule has 0 amide bonds. The molecule has 2 atom stereocenters. The molecule has 228 valence electrons. The van der Waals surface area contributed by atoms with Gasteiger partial charge in [-0.1, -0.05) is 115 Å². The maximum Gasteiger partial charge on any atom is 0.167 e. The average molecular weight is 620 g/mol. The molecule has 0 saturated heterocycles. The van der Waals surface area contributed by atoms with Crippen LogP contribution in [0.2, 0.25) is 0 Å². The van der Waals surface area contributed by atoms with E-state index in [1.807, 2.05) is 48.5 Å². The molecule has 5 aromatic carbocycles. The predicted octanol–water partition coefficient (Wildman–Crippen LogP) is 9.98. The van der Waals surface area contributed by atoms with Gasteiger partial charge in [0.05, 0.1) is 11.5 Å². The molecule has 5 heteroatoms. The number of fused-ring (bicyclic) bond motifs is 7. The van der Waals surface area contributed by atoms with Gasteiger partial charge in [-0.2, -0.15) is 0 Å². The maximum absolute atomic E-state index is 6.47. The van der Waals surface area contributed by atoms with Gasteiger partial charge in [0.25, 0.3) is 0 Å². The van der Waals surface area contributed by atoms with Crippen LogP contribution in [0.3, 0.4) is 0 Å². The van der Waals surface area contributed by atoms with Crippen LogP contribution in [0.15, 0.2) is 144 Å². The van der Waals surface area contributed by atoms with E-state index in [4.69, 9.17) is 24.1 Å². The molecule has 2 aliphatic carbocycles. The van der Waals surface area contributed by atoms with Gasteiger partial charge < -0.3 is 9.15 Å². The number of ether oxygens (including phenoxy) is 1. The second-order valence-electron chi connectivity index (χ2n) is 12.5. The summed E-state index contributed by atoms with van der Waals surface area (Å²) in [6.45, 7) is 0. The van der Waals surface area contributed by atoms with E-state index < -0.39 is 0 Å². The highest BCUT2D eigenvalue weighted by Gasteiger charge is 2.37. The molecule has 5 nitrogen and oxygen atoms in total. The maximum atomic E-state index is 6.47. The summed E-state index contributed by atoms with van der Waals surface area (Å²) in [5.41, 5.74) is 8.59. The smallest absolute Gasteiger partial charge is 0.167 e. The van der Waals surface area contributed by atoms with E-state index in [1.54, 1.807) is 0 Å². The van der Waals surface area contributed by atoms with E-state index in [-0.39, 0.29) is 12.0 Å². The molecule has 3 heterocycles. The van der Waals surface area contributed by atoms with Gasteiger partial charge in [-0.3, -0.25) is 0 Å². The van der Waals surface area contributed by atoms with Gasteiger partial charge in [0.15, 0.2) is 17.5 Å². The fourth-order valence-electron chi connectivity index (χ4n) is 7.65. The fraction of sp³-hybridized carbons (Fsp3) is 0.0930. The van der Waals surface area contributed by atoms with Crippen molar-refractivity contribution >= 4 is 32.9 Å². The molecule has 0 radical (unpaired) electrons. The van der Waals surface area contributed by atoms with E-state index in [9.17, 15) is 0 Å². The van der Waals surface area contributed by atoms with Gasteiger partial charge in [0.2, 0.25) is 0 Å². The Morgan fingerprint density at radius 1 is 0.625 bits per heavy atom. The second kappa shape index (κ2) is 10.7. The third-order valence-electron chi connectivity index (χ3n) is 9.83. The Labute approximate surface area is 277 Å². The Kier molecular flexibility index (Phi) is 6.06. The van der Waals surface area contributed by atoms with Gasteiger partial charge in [0, 0.05) is 27.6 Å². The van der Waals surface area contributed by atoms with E-state index in [2.05, 4.69) is 91.0 Å². The van der Waals surface area contributed by atoms with Gasteiger partial charge in [-0.05, 0) is 59.0 Å². The first-order chi connectivity index (χ1) is 23.8. The highest BCUT2D eigenvalue weighted by atomic mass is 16.5. The summed E-state index contributed by atoms with van der Waals surface area (Å²) >= 11 is 0. The summed E-state index contributed by atoms with van der Waals surface area (Å²) in [7, 11) is 0. The summed E-state index contributed by atoms with van der Waals surface area (Å²) in [5, 5.41) is 3.40. The molecular weight excluding hydrogens is 590 g/mol. The minimum absolute atomic E-state index is 0.0210. The van der Waals surface area contributed by atoms with E-state index in [0.717, 1.165) is 62.8 Å². The zero-order valence-corrected chi connectivity index (χ0v) is 26.0. The second-order valence-corrected chi connectivity index (χ2v) is 12.5. The number of nitrogens with zero attached hydrogens (tertiary/aromatic N) is 3. The number of allylic oxidation sites excluding steroid dienone is 3. The minimum atomic E-state index is -0.0210. The van der Waals surface area contributed by atoms with Crippen LogP contribution in [0.25, 0.3) is 55.7 Å². The molecule has 10 rings (SSSR count). The zero-order chi connectivity index (χ0) is 31.6. The topological polar surface area (TPSA) is 61.0 Å². The molecule has 48 heavy (non-hydrogen) atoms. The first kappa shape index (κ1) is 27.1. The van der Waals surface area contributed by atoms with Crippen molar-refractivity contribution in [2.75, 3.05) is 0 Å². The monoisotopic (exact) mass is 619 g/mol. The van der Waals surface area contributed by atoms with Crippen LogP contribution in [0.4, 0.5) is 0 Å². The molecule has 3 aliphatic rings. The van der Waals surface area contributed by atoms with Crippen molar-refractivity contribution in [2.45, 2.75) is 24.9 Å². The lowest BCUT2D eigenvalue weighted by Crippen LogP contribution is -2.19. The molecule has 2 aromatic heterocycles. The van der Waals surface area contributed by atoms with Gasteiger partial charge >= 0.3 is 0 Å². The lowest BCUT2D eigenvalue weighted by Gasteiger charge is -2.24. The molecule has 0 saturated carbocycles. The van der Waals surface area contributed by atoms with Crippen LogP contribution in [0, 0.1) is 0 Å². The normalized spacial score (nSPS) is 17.8. The predicted molar refractivity (Wildman–Crippen MR) is 191 cm³/mol. The molecular formula is C43H29N3O2. The van der Waals surface area contributed by atoms with Crippen molar-refractivity contribution in [3.8, 4) is 28.5 Å². The summed E-state index contributed by atoms with van der Waals surface area (Å²) in [6, 6.07) is 39.8. The molecule has 1 aliphatic heterocycles. The molecule has 7 aromatic rings. The number of furan rings is 1. The minimum Gasteiger partial charge on any atom is -0.485 e. The first-order valence-electron chi connectivity index (χ1n) is 16.5. The van der Waals surface area contributed by atoms with Crippen LogP contribution < -0.4 is 4.74 Å². The Bertz CT molecular complexity index is 2510. The van der Waals surface area contributed by atoms with Gasteiger partial charge in [-0.15, -0.1) is 0 Å². The van der Waals surface area contributed by atoms with E-state index >= 15 is 0 Å². The SMILES string of the molecule is C1=CC2Oc3ccccc3C2C(c2ccc(-c3nc(C4=CCCc5c4oc4ccccc54)nc(-c4ccccc4)n3)c3ccccc23)=C1. The highest BCUT2D eigenvalue weighted by molar-refractivity contribution is 6.03. The third-order valence-corrected chi connectivity index (χ3v) is 9.83. The quantitative estimate of drug-likeness (QED) is 0.196. The Balaban J connectivity index is 1.15. The molecule has 0 fully saturated rings. The van der Waals surface area contributed by atoms with Crippen LogP contribution >= 0.6 is 0 Å². The van der Waals surface area contributed by atoms with Gasteiger partial charge in [0.1, 0.15) is 23.2 Å². The van der Waals surface area contributed by atoms with E-state index in [1.165, 1.54) is 22.3 Å². The number of aryl methyl sites for hydroxylation is 1. The summed E-state index contributed by atoms with van der Waals surface area (Å²) in [6.07, 6.45) is 10.5. The van der Waals surface area contributed by atoms with Crippen molar-refractivity contribution in [1.82, 2.24) is 15.0 Å². The third kappa shape index (κ3) is 4.21. The number of para-hydroxylation sites is 2.